The van der Waals surface area contributed by atoms with Crippen molar-refractivity contribution < 1.29 is 19.8 Å². The number of rotatable bonds is 5. The number of amides is 2. The molecule has 0 saturated carbocycles. The zero-order valence-electron chi connectivity index (χ0n) is 9.23. The highest BCUT2D eigenvalue weighted by Gasteiger charge is 2.24. The van der Waals surface area contributed by atoms with Gasteiger partial charge in [-0.2, -0.15) is 0 Å². The molecule has 0 spiro atoms. The van der Waals surface area contributed by atoms with Crippen molar-refractivity contribution >= 4 is 12.0 Å². The second kappa shape index (κ2) is 6.23. The Balaban J connectivity index is 4.29. The summed E-state index contributed by atoms with van der Waals surface area (Å²) in [6.07, 6.45) is 0. The van der Waals surface area contributed by atoms with Crippen LogP contribution in [0.1, 0.15) is 13.8 Å². The summed E-state index contributed by atoms with van der Waals surface area (Å²) >= 11 is 0. The number of carbonyl (C=O) groups is 2. The van der Waals surface area contributed by atoms with Gasteiger partial charge in [-0.05, 0) is 5.92 Å². The van der Waals surface area contributed by atoms with Crippen molar-refractivity contribution in [2.45, 2.75) is 19.9 Å². The molecule has 1 atom stereocenters. The van der Waals surface area contributed by atoms with Crippen LogP contribution in [0, 0.1) is 5.92 Å². The third-order valence-corrected chi connectivity index (χ3v) is 1.99. The van der Waals surface area contributed by atoms with E-state index >= 15 is 0 Å². The number of hydrogen-bond acceptors (Lipinski definition) is 3. The van der Waals surface area contributed by atoms with Crippen LogP contribution < -0.4 is 5.32 Å². The van der Waals surface area contributed by atoms with Crippen molar-refractivity contribution in [2.24, 2.45) is 5.92 Å². The Morgan fingerprint density at radius 3 is 2.27 bits per heavy atom. The molecule has 2 amide bonds. The Morgan fingerprint density at radius 2 is 1.93 bits per heavy atom. The molecule has 0 aromatic heterocycles. The molecule has 0 unspecified atom stereocenters. The molecular formula is C9H18N2O4. The van der Waals surface area contributed by atoms with Gasteiger partial charge in [0.05, 0.1) is 6.61 Å². The third-order valence-electron chi connectivity index (χ3n) is 1.99. The number of urea groups is 1. The number of carbonyl (C=O) groups excluding carboxylic acids is 1. The van der Waals surface area contributed by atoms with Crippen LogP contribution in [0.15, 0.2) is 0 Å². The summed E-state index contributed by atoms with van der Waals surface area (Å²) in [6.45, 7) is 3.45. The van der Waals surface area contributed by atoms with E-state index in [-0.39, 0.29) is 19.1 Å². The summed E-state index contributed by atoms with van der Waals surface area (Å²) in [5, 5.41) is 19.8. The van der Waals surface area contributed by atoms with E-state index in [1.165, 1.54) is 11.9 Å². The Hall–Kier alpha value is -1.30. The number of likely N-dealkylation sites (N-methyl/N-ethyl adjacent to an activating group) is 1. The molecular weight excluding hydrogens is 200 g/mol. The number of hydrogen-bond donors (Lipinski definition) is 3. The number of aliphatic hydroxyl groups excluding tert-OH is 1. The average Bonchev–Trinajstić information content (AvgIpc) is 2.12. The van der Waals surface area contributed by atoms with E-state index in [1.54, 1.807) is 13.8 Å². The summed E-state index contributed by atoms with van der Waals surface area (Å²) in [6, 6.07) is -1.40. The van der Waals surface area contributed by atoms with Crippen LogP contribution in [-0.2, 0) is 4.79 Å². The summed E-state index contributed by atoms with van der Waals surface area (Å²) in [5.74, 6) is -1.25. The normalized spacial score (nSPS) is 12.3. The standard InChI is InChI=1S/C9H18N2O4/c1-6(2)7(8(13)14)10-9(15)11(3)4-5-12/h6-7,12H,4-5H2,1-3H3,(H,10,15)(H,13,14)/t7-/m1/s1. The van der Waals surface area contributed by atoms with Gasteiger partial charge in [0.2, 0.25) is 0 Å². The Kier molecular flexibility index (Phi) is 5.69. The SMILES string of the molecule is CC(C)[C@@H](NC(=O)N(C)CCO)C(=O)O. The maximum Gasteiger partial charge on any atom is 0.326 e. The smallest absolute Gasteiger partial charge is 0.326 e. The number of aliphatic carboxylic acids is 1. The van der Waals surface area contributed by atoms with Crippen molar-refractivity contribution in [3.05, 3.63) is 0 Å². The molecule has 0 aliphatic heterocycles. The van der Waals surface area contributed by atoms with Gasteiger partial charge in [-0.15, -0.1) is 0 Å². The first-order chi connectivity index (χ1) is 6.90. The van der Waals surface area contributed by atoms with Gasteiger partial charge in [0.25, 0.3) is 0 Å². The van der Waals surface area contributed by atoms with Crippen molar-refractivity contribution in [2.75, 3.05) is 20.2 Å². The lowest BCUT2D eigenvalue weighted by atomic mass is 10.1. The monoisotopic (exact) mass is 218 g/mol. The Morgan fingerprint density at radius 1 is 1.40 bits per heavy atom. The summed E-state index contributed by atoms with van der Waals surface area (Å²) in [7, 11) is 1.49. The summed E-state index contributed by atoms with van der Waals surface area (Å²) in [4.78, 5) is 23.4. The Labute approximate surface area is 88.9 Å². The molecule has 0 heterocycles. The molecule has 6 heteroatoms. The molecule has 0 fully saturated rings. The molecule has 0 bridgehead atoms. The van der Waals surface area contributed by atoms with Gasteiger partial charge in [0.15, 0.2) is 0 Å². The van der Waals surface area contributed by atoms with Gasteiger partial charge >= 0.3 is 12.0 Å². The number of nitrogens with zero attached hydrogens (tertiary/aromatic N) is 1. The number of carboxylic acid groups (broad SMARTS) is 1. The van der Waals surface area contributed by atoms with E-state index in [0.717, 1.165) is 0 Å². The number of carboxylic acids is 1. The highest BCUT2D eigenvalue weighted by molar-refractivity contribution is 5.82. The van der Waals surface area contributed by atoms with Crippen molar-refractivity contribution in [3.63, 3.8) is 0 Å². The molecule has 0 aliphatic rings. The molecule has 0 aromatic carbocycles. The lowest BCUT2D eigenvalue weighted by Crippen LogP contribution is -2.49. The van der Waals surface area contributed by atoms with Crippen molar-refractivity contribution in [1.29, 1.82) is 0 Å². The predicted molar refractivity (Wildman–Crippen MR) is 54.5 cm³/mol. The molecule has 0 rings (SSSR count). The molecule has 0 radical (unpaired) electrons. The molecule has 3 N–H and O–H groups in total. The van der Waals surface area contributed by atoms with Gasteiger partial charge in [-0.3, -0.25) is 0 Å². The van der Waals surface area contributed by atoms with Crippen LogP contribution in [0.4, 0.5) is 4.79 Å². The van der Waals surface area contributed by atoms with Crippen LogP contribution in [0.2, 0.25) is 0 Å². The topological polar surface area (TPSA) is 89.9 Å². The van der Waals surface area contributed by atoms with E-state index in [4.69, 9.17) is 10.2 Å². The van der Waals surface area contributed by atoms with Gasteiger partial charge in [-0.25, -0.2) is 9.59 Å². The molecule has 15 heavy (non-hydrogen) atoms. The number of nitrogens with one attached hydrogen (secondary N) is 1. The van der Waals surface area contributed by atoms with Crippen LogP contribution in [0.25, 0.3) is 0 Å². The van der Waals surface area contributed by atoms with Crippen molar-refractivity contribution in [1.82, 2.24) is 10.2 Å². The molecule has 0 saturated heterocycles. The van der Waals surface area contributed by atoms with Gasteiger partial charge in [0, 0.05) is 13.6 Å². The van der Waals surface area contributed by atoms with Crippen LogP contribution in [0.5, 0.6) is 0 Å². The summed E-state index contributed by atoms with van der Waals surface area (Å²) < 4.78 is 0. The van der Waals surface area contributed by atoms with Crippen LogP contribution in [-0.4, -0.2) is 53.4 Å². The van der Waals surface area contributed by atoms with Gasteiger partial charge in [-0.1, -0.05) is 13.8 Å². The largest absolute Gasteiger partial charge is 0.480 e. The first kappa shape index (κ1) is 13.7. The van der Waals surface area contributed by atoms with Crippen molar-refractivity contribution in [3.8, 4) is 0 Å². The fraction of sp³-hybridized carbons (Fsp3) is 0.778. The zero-order chi connectivity index (χ0) is 12.0. The Bertz CT molecular complexity index is 230. The molecule has 0 aliphatic carbocycles. The third kappa shape index (κ3) is 4.64. The highest BCUT2D eigenvalue weighted by atomic mass is 16.4. The second-order valence-corrected chi connectivity index (χ2v) is 3.65. The first-order valence-electron chi connectivity index (χ1n) is 4.75. The van der Waals surface area contributed by atoms with Crippen LogP contribution >= 0.6 is 0 Å². The van der Waals surface area contributed by atoms with E-state index in [1.807, 2.05) is 0 Å². The maximum atomic E-state index is 11.4. The maximum absolute atomic E-state index is 11.4. The van der Waals surface area contributed by atoms with E-state index < -0.39 is 18.0 Å². The second-order valence-electron chi connectivity index (χ2n) is 3.65. The highest BCUT2D eigenvalue weighted by Crippen LogP contribution is 2.02. The average molecular weight is 218 g/mol. The zero-order valence-corrected chi connectivity index (χ0v) is 9.23. The molecule has 6 nitrogen and oxygen atoms in total. The summed E-state index contributed by atoms with van der Waals surface area (Å²) in [5.41, 5.74) is 0. The van der Waals surface area contributed by atoms with E-state index in [2.05, 4.69) is 5.32 Å². The lowest BCUT2D eigenvalue weighted by molar-refractivity contribution is -0.140. The molecule has 0 aromatic rings. The van der Waals surface area contributed by atoms with Crippen LogP contribution in [0.3, 0.4) is 0 Å². The van der Waals surface area contributed by atoms with Gasteiger partial charge < -0.3 is 20.4 Å². The minimum Gasteiger partial charge on any atom is -0.480 e. The quantitative estimate of drug-likeness (QED) is 0.592. The van der Waals surface area contributed by atoms with Gasteiger partial charge in [0.1, 0.15) is 6.04 Å². The molecule has 88 valence electrons. The van der Waals surface area contributed by atoms with E-state index in [0.29, 0.717) is 0 Å². The minimum absolute atomic E-state index is 0.149. The first-order valence-corrected chi connectivity index (χ1v) is 4.75. The predicted octanol–water partition coefficient (Wildman–Crippen LogP) is -0.271. The lowest BCUT2D eigenvalue weighted by Gasteiger charge is -2.22. The number of aliphatic hydroxyl groups is 1. The van der Waals surface area contributed by atoms with E-state index in [9.17, 15) is 9.59 Å². The fourth-order valence-electron chi connectivity index (χ4n) is 1.01. The minimum atomic E-state index is -1.06. The fourth-order valence-corrected chi connectivity index (χ4v) is 1.01.